The van der Waals surface area contributed by atoms with Gasteiger partial charge in [0, 0.05) is 18.7 Å². The smallest absolute Gasteiger partial charge is 0.115 e. The summed E-state index contributed by atoms with van der Waals surface area (Å²) < 4.78 is 5.40. The largest absolute Gasteiger partial charge is 0.508 e. The Balaban J connectivity index is 1.93. The van der Waals surface area contributed by atoms with Gasteiger partial charge >= 0.3 is 0 Å². The number of ether oxygens (including phenoxy) is 1. The van der Waals surface area contributed by atoms with Gasteiger partial charge in [0.25, 0.3) is 0 Å². The van der Waals surface area contributed by atoms with Crippen molar-refractivity contribution in [3.8, 4) is 5.75 Å². The van der Waals surface area contributed by atoms with Gasteiger partial charge < -0.3 is 15.2 Å². The third-order valence-corrected chi connectivity index (χ3v) is 3.56. The van der Waals surface area contributed by atoms with E-state index < -0.39 is 0 Å². The molecule has 1 aromatic rings. The van der Waals surface area contributed by atoms with Crippen molar-refractivity contribution in [3.05, 3.63) is 29.8 Å². The molecule has 0 spiro atoms. The van der Waals surface area contributed by atoms with Crippen LogP contribution in [0.5, 0.6) is 5.75 Å². The van der Waals surface area contributed by atoms with E-state index in [0.29, 0.717) is 17.7 Å². The van der Waals surface area contributed by atoms with Crippen LogP contribution in [0.3, 0.4) is 0 Å². The third kappa shape index (κ3) is 3.20. The second kappa shape index (κ2) is 5.52. The second-order valence-electron chi connectivity index (χ2n) is 4.90. The molecule has 0 radical (unpaired) electrons. The molecule has 1 aliphatic rings. The van der Waals surface area contributed by atoms with E-state index in [4.69, 9.17) is 4.74 Å². The fourth-order valence-corrected chi connectivity index (χ4v) is 2.37. The molecule has 0 aliphatic carbocycles. The van der Waals surface area contributed by atoms with E-state index in [9.17, 15) is 5.11 Å². The van der Waals surface area contributed by atoms with E-state index in [2.05, 4.69) is 19.2 Å². The van der Waals surface area contributed by atoms with Gasteiger partial charge in [0.2, 0.25) is 0 Å². The van der Waals surface area contributed by atoms with Gasteiger partial charge in [0.1, 0.15) is 5.75 Å². The van der Waals surface area contributed by atoms with Crippen LogP contribution in [0.1, 0.15) is 31.9 Å². The number of aromatic hydroxyl groups is 1. The molecular formula is C14H21NO2. The van der Waals surface area contributed by atoms with Crippen LogP contribution in [-0.4, -0.2) is 24.4 Å². The third-order valence-electron chi connectivity index (χ3n) is 3.56. The molecule has 1 fully saturated rings. The quantitative estimate of drug-likeness (QED) is 0.842. The number of hydrogen-bond acceptors (Lipinski definition) is 3. The highest BCUT2D eigenvalue weighted by Crippen LogP contribution is 2.22. The minimum Gasteiger partial charge on any atom is -0.508 e. The Labute approximate surface area is 103 Å². The van der Waals surface area contributed by atoms with Crippen molar-refractivity contribution in [1.82, 2.24) is 5.32 Å². The molecule has 1 aromatic carbocycles. The summed E-state index contributed by atoms with van der Waals surface area (Å²) in [4.78, 5) is 0. The molecule has 3 atom stereocenters. The first-order chi connectivity index (χ1) is 8.16. The minimum absolute atomic E-state index is 0.248. The molecule has 0 unspecified atom stereocenters. The van der Waals surface area contributed by atoms with E-state index in [1.54, 1.807) is 6.07 Å². The fraction of sp³-hybridized carbons (Fsp3) is 0.571. The molecule has 17 heavy (non-hydrogen) atoms. The average Bonchev–Trinajstić information content (AvgIpc) is 2.82. The Hall–Kier alpha value is -1.06. The van der Waals surface area contributed by atoms with Crippen LogP contribution in [0.2, 0.25) is 0 Å². The molecule has 94 valence electrons. The molecule has 1 saturated heterocycles. The number of hydrogen-bond donors (Lipinski definition) is 2. The van der Waals surface area contributed by atoms with Gasteiger partial charge in [-0.15, -0.1) is 0 Å². The van der Waals surface area contributed by atoms with Crippen molar-refractivity contribution in [2.45, 2.75) is 32.4 Å². The summed E-state index contributed by atoms with van der Waals surface area (Å²) in [5, 5.41) is 13.0. The predicted octanol–water partition coefficient (Wildman–Crippen LogP) is 2.47. The zero-order valence-electron chi connectivity index (χ0n) is 10.5. The van der Waals surface area contributed by atoms with E-state index in [0.717, 1.165) is 25.2 Å². The molecule has 3 heteroatoms. The van der Waals surface area contributed by atoms with Crippen LogP contribution < -0.4 is 5.32 Å². The highest BCUT2D eigenvalue weighted by atomic mass is 16.5. The summed E-state index contributed by atoms with van der Waals surface area (Å²) in [7, 11) is 0. The lowest BCUT2D eigenvalue weighted by Gasteiger charge is -2.24. The summed E-state index contributed by atoms with van der Waals surface area (Å²) in [6, 6.07) is 8.12. The van der Waals surface area contributed by atoms with Crippen LogP contribution >= 0.6 is 0 Å². The van der Waals surface area contributed by atoms with Crippen LogP contribution in [-0.2, 0) is 4.74 Å². The maximum Gasteiger partial charge on any atom is 0.115 e. The monoisotopic (exact) mass is 235 g/mol. The molecule has 0 saturated carbocycles. The van der Waals surface area contributed by atoms with Crippen molar-refractivity contribution < 1.29 is 9.84 Å². The Kier molecular flexibility index (Phi) is 4.02. The minimum atomic E-state index is 0.248. The Bertz CT molecular complexity index is 361. The summed E-state index contributed by atoms with van der Waals surface area (Å²) >= 11 is 0. The fourth-order valence-electron chi connectivity index (χ4n) is 2.37. The van der Waals surface area contributed by atoms with Crippen molar-refractivity contribution in [2.75, 3.05) is 13.2 Å². The van der Waals surface area contributed by atoms with Crippen LogP contribution in [0.25, 0.3) is 0 Å². The molecule has 0 aromatic heterocycles. The standard InChI is InChI=1S/C14H21NO2/c1-10(12-4-3-5-14(16)8-12)15-11(2)13-6-7-17-9-13/h3-5,8,10-11,13,15-16H,6-7,9H2,1-2H3/t10-,11+,13+/m1/s1. The molecule has 3 nitrogen and oxygen atoms in total. The SMILES string of the molecule is C[C@H](N[C@H](C)c1cccc(O)c1)[C@H]1CCOC1. The molecule has 1 heterocycles. The lowest BCUT2D eigenvalue weighted by atomic mass is 9.98. The van der Waals surface area contributed by atoms with Crippen LogP contribution in [0, 0.1) is 5.92 Å². The van der Waals surface area contributed by atoms with Crippen LogP contribution in [0.15, 0.2) is 24.3 Å². The summed E-state index contributed by atoms with van der Waals surface area (Å²) in [6.45, 7) is 6.08. The maximum absolute atomic E-state index is 9.46. The van der Waals surface area contributed by atoms with Crippen molar-refractivity contribution in [3.63, 3.8) is 0 Å². The molecule has 2 N–H and O–H groups in total. The Morgan fingerprint density at radius 1 is 1.41 bits per heavy atom. The highest BCUT2D eigenvalue weighted by molar-refractivity contribution is 5.29. The van der Waals surface area contributed by atoms with Gasteiger partial charge in [-0.2, -0.15) is 0 Å². The van der Waals surface area contributed by atoms with Crippen molar-refractivity contribution in [1.29, 1.82) is 0 Å². The van der Waals surface area contributed by atoms with Gasteiger partial charge in [-0.05, 0) is 43.9 Å². The molecule has 2 rings (SSSR count). The zero-order chi connectivity index (χ0) is 12.3. The lowest BCUT2D eigenvalue weighted by Crippen LogP contribution is -2.35. The van der Waals surface area contributed by atoms with Gasteiger partial charge in [0.05, 0.1) is 6.61 Å². The number of rotatable bonds is 4. The average molecular weight is 235 g/mol. The maximum atomic E-state index is 9.46. The normalized spacial score (nSPS) is 23.5. The highest BCUT2D eigenvalue weighted by Gasteiger charge is 2.23. The summed E-state index contributed by atoms with van der Waals surface area (Å²) in [5.41, 5.74) is 1.12. The van der Waals surface area contributed by atoms with Gasteiger partial charge in [-0.25, -0.2) is 0 Å². The summed E-state index contributed by atoms with van der Waals surface area (Å²) in [6.07, 6.45) is 1.14. The number of benzene rings is 1. The first-order valence-electron chi connectivity index (χ1n) is 6.29. The Morgan fingerprint density at radius 3 is 2.88 bits per heavy atom. The lowest BCUT2D eigenvalue weighted by molar-refractivity contribution is 0.177. The molecule has 1 aliphatic heterocycles. The number of phenols is 1. The van der Waals surface area contributed by atoms with E-state index in [1.165, 1.54) is 0 Å². The van der Waals surface area contributed by atoms with Crippen LogP contribution in [0.4, 0.5) is 0 Å². The molecular weight excluding hydrogens is 214 g/mol. The predicted molar refractivity (Wildman–Crippen MR) is 68.0 cm³/mol. The van der Waals surface area contributed by atoms with E-state index in [1.807, 2.05) is 18.2 Å². The topological polar surface area (TPSA) is 41.5 Å². The van der Waals surface area contributed by atoms with Crippen molar-refractivity contribution >= 4 is 0 Å². The second-order valence-corrected chi connectivity index (χ2v) is 4.90. The summed E-state index contributed by atoms with van der Waals surface area (Å²) in [5.74, 6) is 0.933. The van der Waals surface area contributed by atoms with Gasteiger partial charge in [0.15, 0.2) is 0 Å². The van der Waals surface area contributed by atoms with E-state index in [-0.39, 0.29) is 6.04 Å². The Morgan fingerprint density at radius 2 is 2.24 bits per heavy atom. The molecule has 0 bridgehead atoms. The molecule has 0 amide bonds. The first kappa shape index (κ1) is 12.4. The van der Waals surface area contributed by atoms with E-state index >= 15 is 0 Å². The number of phenolic OH excluding ortho intramolecular Hbond substituents is 1. The van der Waals surface area contributed by atoms with Crippen molar-refractivity contribution in [2.24, 2.45) is 5.92 Å². The van der Waals surface area contributed by atoms with Gasteiger partial charge in [-0.1, -0.05) is 12.1 Å². The van der Waals surface area contributed by atoms with Gasteiger partial charge in [-0.3, -0.25) is 0 Å². The first-order valence-corrected chi connectivity index (χ1v) is 6.29. The zero-order valence-corrected chi connectivity index (χ0v) is 10.5. The number of nitrogens with one attached hydrogen (secondary N) is 1.